The smallest absolute Gasteiger partial charge is 0.0615 e. The van der Waals surface area contributed by atoms with Gasteiger partial charge in [0.25, 0.3) is 0 Å². The van der Waals surface area contributed by atoms with Gasteiger partial charge in [-0.2, -0.15) is 0 Å². The summed E-state index contributed by atoms with van der Waals surface area (Å²) in [6, 6.07) is 8.86. The molecule has 0 bridgehead atoms. The molecular weight excluding hydrogens is 212 g/mol. The van der Waals surface area contributed by atoms with Gasteiger partial charge in [-0.1, -0.05) is 29.8 Å². The number of aryl methyl sites for hydroxylation is 1. The van der Waals surface area contributed by atoms with Crippen LogP contribution in [0.3, 0.4) is 0 Å². The monoisotopic (exact) mass is 236 g/mol. The van der Waals surface area contributed by atoms with Gasteiger partial charge in [0.1, 0.15) is 0 Å². The van der Waals surface area contributed by atoms with Gasteiger partial charge in [-0.25, -0.2) is 0 Å². The van der Waals surface area contributed by atoms with Gasteiger partial charge in [0.2, 0.25) is 0 Å². The summed E-state index contributed by atoms with van der Waals surface area (Å²) < 4.78 is 5.15. The first kappa shape index (κ1) is 14.2. The van der Waals surface area contributed by atoms with Gasteiger partial charge < -0.3 is 10.5 Å². The van der Waals surface area contributed by atoms with Crippen molar-refractivity contribution >= 4 is 0 Å². The van der Waals surface area contributed by atoms with Crippen LogP contribution in [0.25, 0.3) is 0 Å². The summed E-state index contributed by atoms with van der Waals surface area (Å²) in [6.45, 7) is 5.80. The van der Waals surface area contributed by atoms with Gasteiger partial charge in [-0.05, 0) is 26.5 Å². The van der Waals surface area contributed by atoms with E-state index in [0.29, 0.717) is 6.04 Å². The Hall–Kier alpha value is -0.900. The fraction of sp³-hybridized carbons (Fsp3) is 0.571. The predicted octanol–water partition coefficient (Wildman–Crippen LogP) is 1.96. The topological polar surface area (TPSA) is 38.5 Å². The highest BCUT2D eigenvalue weighted by molar-refractivity contribution is 5.24. The first-order valence-corrected chi connectivity index (χ1v) is 6.06. The Morgan fingerprint density at radius 1 is 1.29 bits per heavy atom. The van der Waals surface area contributed by atoms with Crippen molar-refractivity contribution in [2.45, 2.75) is 25.9 Å². The van der Waals surface area contributed by atoms with Crippen LogP contribution < -0.4 is 5.73 Å². The van der Waals surface area contributed by atoms with E-state index >= 15 is 0 Å². The highest BCUT2D eigenvalue weighted by Gasteiger charge is 2.13. The number of nitrogens with zero attached hydrogens (tertiary/aromatic N) is 1. The van der Waals surface area contributed by atoms with E-state index in [2.05, 4.69) is 50.1 Å². The normalized spacial score (nSPS) is 14.9. The van der Waals surface area contributed by atoms with E-state index in [-0.39, 0.29) is 6.04 Å². The van der Waals surface area contributed by atoms with Crippen LogP contribution in [-0.4, -0.2) is 38.3 Å². The van der Waals surface area contributed by atoms with E-state index in [9.17, 15) is 0 Å². The molecule has 0 heterocycles. The largest absolute Gasteiger partial charge is 0.383 e. The summed E-state index contributed by atoms with van der Waals surface area (Å²) in [6.07, 6.45) is 0. The fourth-order valence-corrected chi connectivity index (χ4v) is 1.78. The van der Waals surface area contributed by atoms with E-state index < -0.39 is 0 Å². The highest BCUT2D eigenvalue weighted by atomic mass is 16.5. The van der Waals surface area contributed by atoms with Crippen molar-refractivity contribution in [3.63, 3.8) is 0 Å². The average molecular weight is 236 g/mol. The van der Waals surface area contributed by atoms with Gasteiger partial charge in [0.05, 0.1) is 6.61 Å². The number of nitrogens with two attached hydrogens (primary N) is 1. The summed E-state index contributed by atoms with van der Waals surface area (Å²) in [5.74, 6) is 0. The maximum atomic E-state index is 6.20. The molecule has 0 aliphatic carbocycles. The van der Waals surface area contributed by atoms with Gasteiger partial charge in [-0.3, -0.25) is 4.90 Å². The van der Waals surface area contributed by atoms with Gasteiger partial charge in [0.15, 0.2) is 0 Å². The maximum Gasteiger partial charge on any atom is 0.0615 e. The first-order valence-electron chi connectivity index (χ1n) is 6.06. The lowest BCUT2D eigenvalue weighted by molar-refractivity contribution is 0.112. The Labute approximate surface area is 105 Å². The second-order valence-corrected chi connectivity index (χ2v) is 4.76. The van der Waals surface area contributed by atoms with E-state index in [0.717, 1.165) is 13.2 Å². The molecule has 0 amide bonds. The summed E-state index contributed by atoms with van der Waals surface area (Å²) >= 11 is 0. The van der Waals surface area contributed by atoms with Crippen molar-refractivity contribution in [1.29, 1.82) is 0 Å². The third kappa shape index (κ3) is 4.46. The predicted molar refractivity (Wildman–Crippen MR) is 72.1 cm³/mol. The molecule has 1 aromatic rings. The number of benzene rings is 1. The Balaban J connectivity index is 2.53. The molecule has 0 aromatic heterocycles. The third-order valence-electron chi connectivity index (χ3n) is 3.15. The number of rotatable bonds is 6. The molecule has 2 N–H and O–H groups in total. The average Bonchev–Trinajstić information content (AvgIpc) is 2.30. The zero-order valence-electron chi connectivity index (χ0n) is 11.3. The van der Waals surface area contributed by atoms with Crippen molar-refractivity contribution in [2.75, 3.05) is 27.3 Å². The van der Waals surface area contributed by atoms with Gasteiger partial charge in [-0.15, -0.1) is 0 Å². The molecule has 1 rings (SSSR count). The molecule has 3 nitrogen and oxygen atoms in total. The van der Waals surface area contributed by atoms with Crippen LogP contribution in [0.4, 0.5) is 0 Å². The van der Waals surface area contributed by atoms with Crippen LogP contribution in [0.15, 0.2) is 24.3 Å². The van der Waals surface area contributed by atoms with Crippen molar-refractivity contribution in [3.05, 3.63) is 35.4 Å². The molecule has 0 saturated heterocycles. The molecule has 17 heavy (non-hydrogen) atoms. The second kappa shape index (κ2) is 6.74. The quantitative estimate of drug-likeness (QED) is 0.820. The van der Waals surface area contributed by atoms with Crippen LogP contribution in [-0.2, 0) is 4.74 Å². The Morgan fingerprint density at radius 3 is 2.41 bits per heavy atom. The van der Waals surface area contributed by atoms with Crippen molar-refractivity contribution in [3.8, 4) is 0 Å². The lowest BCUT2D eigenvalue weighted by atomic mass is 10.1. The molecule has 0 radical (unpaired) electrons. The number of methoxy groups -OCH3 is 1. The first-order chi connectivity index (χ1) is 8.04. The molecule has 1 aromatic carbocycles. The molecule has 0 fully saturated rings. The molecule has 0 spiro atoms. The standard InChI is InChI=1S/C14H24N2O/c1-11-5-7-13(8-6-11)14(15)9-16(3)12(2)10-17-4/h5-8,12,14H,9-10,15H2,1-4H3. The van der Waals surface area contributed by atoms with Crippen LogP contribution in [0, 0.1) is 6.92 Å². The Kier molecular flexibility index (Phi) is 5.62. The zero-order valence-corrected chi connectivity index (χ0v) is 11.3. The van der Waals surface area contributed by atoms with Gasteiger partial charge >= 0.3 is 0 Å². The number of hydrogen-bond acceptors (Lipinski definition) is 3. The van der Waals surface area contributed by atoms with Gasteiger partial charge in [0, 0.05) is 25.7 Å². The minimum absolute atomic E-state index is 0.0555. The lowest BCUT2D eigenvalue weighted by Gasteiger charge is -2.27. The molecule has 0 aliphatic rings. The molecule has 0 aliphatic heterocycles. The van der Waals surface area contributed by atoms with Crippen LogP contribution in [0.1, 0.15) is 24.1 Å². The maximum absolute atomic E-state index is 6.20. The van der Waals surface area contributed by atoms with Crippen molar-refractivity contribution in [2.24, 2.45) is 5.73 Å². The summed E-state index contributed by atoms with van der Waals surface area (Å²) in [7, 11) is 3.81. The lowest BCUT2D eigenvalue weighted by Crippen LogP contribution is -2.37. The van der Waals surface area contributed by atoms with E-state index in [4.69, 9.17) is 10.5 Å². The second-order valence-electron chi connectivity index (χ2n) is 4.76. The minimum Gasteiger partial charge on any atom is -0.383 e. The summed E-state index contributed by atoms with van der Waals surface area (Å²) in [5.41, 5.74) is 8.65. The van der Waals surface area contributed by atoms with Crippen LogP contribution in [0.5, 0.6) is 0 Å². The van der Waals surface area contributed by atoms with E-state index in [1.807, 2.05) is 0 Å². The molecular formula is C14H24N2O. The molecule has 2 atom stereocenters. The van der Waals surface area contributed by atoms with Crippen LogP contribution >= 0.6 is 0 Å². The fourth-order valence-electron chi connectivity index (χ4n) is 1.78. The highest BCUT2D eigenvalue weighted by Crippen LogP contribution is 2.13. The number of ether oxygens (including phenoxy) is 1. The summed E-state index contributed by atoms with van der Waals surface area (Å²) in [4.78, 5) is 2.23. The molecule has 2 unspecified atom stereocenters. The van der Waals surface area contributed by atoms with Crippen molar-refractivity contribution in [1.82, 2.24) is 4.90 Å². The zero-order chi connectivity index (χ0) is 12.8. The molecule has 96 valence electrons. The summed E-state index contributed by atoms with van der Waals surface area (Å²) in [5, 5.41) is 0. The number of likely N-dealkylation sites (N-methyl/N-ethyl adjacent to an activating group) is 1. The Bertz CT molecular complexity index is 323. The Morgan fingerprint density at radius 2 is 1.88 bits per heavy atom. The van der Waals surface area contributed by atoms with Crippen LogP contribution in [0.2, 0.25) is 0 Å². The molecule has 0 saturated carbocycles. The molecule has 3 heteroatoms. The SMILES string of the molecule is COCC(C)N(C)CC(N)c1ccc(C)cc1. The third-order valence-corrected chi connectivity index (χ3v) is 3.15. The number of hydrogen-bond donors (Lipinski definition) is 1. The van der Waals surface area contributed by atoms with Crippen molar-refractivity contribution < 1.29 is 4.74 Å². The van der Waals surface area contributed by atoms with E-state index in [1.54, 1.807) is 7.11 Å². The van der Waals surface area contributed by atoms with E-state index in [1.165, 1.54) is 11.1 Å². The minimum atomic E-state index is 0.0555.